The fourth-order valence-corrected chi connectivity index (χ4v) is 2.48. The van der Waals surface area contributed by atoms with Crippen molar-refractivity contribution in [1.29, 1.82) is 0 Å². The third-order valence-corrected chi connectivity index (χ3v) is 3.94. The standard InChI is InChI=1S/C14H18N4S/c1-3-12(15)7-11-6-10(2)14(17-8-11)19-13-4-5-16-9-18-13/h4-6,8-9,12H,3,7,15H2,1-2H3. The highest BCUT2D eigenvalue weighted by molar-refractivity contribution is 7.99. The van der Waals surface area contributed by atoms with Crippen molar-refractivity contribution >= 4 is 11.8 Å². The number of nitrogens with two attached hydrogens (primary N) is 1. The molecule has 0 fully saturated rings. The molecule has 0 spiro atoms. The summed E-state index contributed by atoms with van der Waals surface area (Å²) < 4.78 is 0. The quantitative estimate of drug-likeness (QED) is 0.849. The van der Waals surface area contributed by atoms with Crippen molar-refractivity contribution in [3.05, 3.63) is 42.0 Å². The van der Waals surface area contributed by atoms with Crippen molar-refractivity contribution < 1.29 is 0 Å². The molecular formula is C14H18N4S. The number of hydrogen-bond acceptors (Lipinski definition) is 5. The zero-order chi connectivity index (χ0) is 13.7. The summed E-state index contributed by atoms with van der Waals surface area (Å²) in [5.74, 6) is 0. The van der Waals surface area contributed by atoms with Crippen LogP contribution in [0.15, 0.2) is 40.9 Å². The van der Waals surface area contributed by atoms with Crippen LogP contribution in [0.3, 0.4) is 0 Å². The minimum Gasteiger partial charge on any atom is -0.327 e. The fourth-order valence-electron chi connectivity index (χ4n) is 1.72. The number of aromatic nitrogens is 3. The molecule has 2 heterocycles. The van der Waals surface area contributed by atoms with E-state index in [1.807, 2.05) is 12.3 Å². The van der Waals surface area contributed by atoms with Gasteiger partial charge in [-0.3, -0.25) is 0 Å². The lowest BCUT2D eigenvalue weighted by Crippen LogP contribution is -2.21. The Morgan fingerprint density at radius 2 is 2.21 bits per heavy atom. The first-order chi connectivity index (χ1) is 9.19. The SMILES string of the molecule is CCC(N)Cc1cnc(Sc2ccncn2)c(C)c1. The van der Waals surface area contributed by atoms with E-state index in [2.05, 4.69) is 34.9 Å². The van der Waals surface area contributed by atoms with Gasteiger partial charge in [-0.05, 0) is 48.7 Å². The molecule has 19 heavy (non-hydrogen) atoms. The van der Waals surface area contributed by atoms with E-state index in [1.165, 1.54) is 5.56 Å². The second-order valence-electron chi connectivity index (χ2n) is 4.49. The molecule has 0 aliphatic heterocycles. The van der Waals surface area contributed by atoms with Gasteiger partial charge >= 0.3 is 0 Å². The van der Waals surface area contributed by atoms with E-state index in [4.69, 9.17) is 5.73 Å². The van der Waals surface area contributed by atoms with Crippen LogP contribution < -0.4 is 5.73 Å². The molecule has 2 N–H and O–H groups in total. The van der Waals surface area contributed by atoms with E-state index in [0.717, 1.165) is 28.5 Å². The molecule has 0 radical (unpaired) electrons. The summed E-state index contributed by atoms with van der Waals surface area (Å²) in [5, 5.41) is 1.89. The van der Waals surface area contributed by atoms with Gasteiger partial charge in [-0.1, -0.05) is 13.0 Å². The third-order valence-electron chi connectivity index (χ3n) is 2.87. The first-order valence-electron chi connectivity index (χ1n) is 6.34. The van der Waals surface area contributed by atoms with Gasteiger partial charge in [0.2, 0.25) is 0 Å². The maximum atomic E-state index is 5.97. The van der Waals surface area contributed by atoms with Crippen molar-refractivity contribution in [3.63, 3.8) is 0 Å². The number of hydrogen-bond donors (Lipinski definition) is 1. The topological polar surface area (TPSA) is 64.7 Å². The highest BCUT2D eigenvalue weighted by Gasteiger charge is 2.07. The molecule has 0 bridgehead atoms. The monoisotopic (exact) mass is 274 g/mol. The molecule has 2 rings (SSSR count). The minimum atomic E-state index is 0.210. The van der Waals surface area contributed by atoms with Crippen LogP contribution in [-0.4, -0.2) is 21.0 Å². The van der Waals surface area contributed by atoms with Gasteiger partial charge in [-0.25, -0.2) is 15.0 Å². The van der Waals surface area contributed by atoms with Gasteiger partial charge in [0, 0.05) is 18.4 Å². The van der Waals surface area contributed by atoms with Gasteiger partial charge in [0.1, 0.15) is 16.4 Å². The second-order valence-corrected chi connectivity index (χ2v) is 5.50. The lowest BCUT2D eigenvalue weighted by Gasteiger charge is -2.10. The molecule has 0 aromatic carbocycles. The lowest BCUT2D eigenvalue weighted by atomic mass is 10.1. The first kappa shape index (κ1) is 14.0. The Balaban J connectivity index is 2.11. The summed E-state index contributed by atoms with van der Waals surface area (Å²) in [4.78, 5) is 12.6. The van der Waals surface area contributed by atoms with Crippen molar-refractivity contribution in [2.45, 2.75) is 42.8 Å². The van der Waals surface area contributed by atoms with Crippen molar-refractivity contribution in [1.82, 2.24) is 15.0 Å². The Labute approximate surface area is 117 Å². The molecule has 0 aliphatic rings. The zero-order valence-corrected chi connectivity index (χ0v) is 12.0. The molecule has 0 amide bonds. The predicted octanol–water partition coefficient (Wildman–Crippen LogP) is 2.61. The molecule has 0 saturated carbocycles. The van der Waals surface area contributed by atoms with Gasteiger partial charge in [0.15, 0.2) is 0 Å². The number of pyridine rings is 1. The largest absolute Gasteiger partial charge is 0.327 e. The van der Waals surface area contributed by atoms with Gasteiger partial charge in [0.25, 0.3) is 0 Å². The van der Waals surface area contributed by atoms with Gasteiger partial charge in [-0.15, -0.1) is 0 Å². The summed E-state index contributed by atoms with van der Waals surface area (Å²) in [7, 11) is 0. The van der Waals surface area contributed by atoms with E-state index >= 15 is 0 Å². The van der Waals surface area contributed by atoms with E-state index in [9.17, 15) is 0 Å². The van der Waals surface area contributed by atoms with Crippen LogP contribution in [-0.2, 0) is 6.42 Å². The summed E-state index contributed by atoms with van der Waals surface area (Å²) in [5.41, 5.74) is 8.32. The summed E-state index contributed by atoms with van der Waals surface area (Å²) in [6.45, 7) is 4.17. The molecule has 2 aromatic heterocycles. The van der Waals surface area contributed by atoms with Crippen LogP contribution in [0.5, 0.6) is 0 Å². The molecule has 0 saturated heterocycles. The lowest BCUT2D eigenvalue weighted by molar-refractivity contribution is 0.644. The average Bonchev–Trinajstić information content (AvgIpc) is 2.43. The fraction of sp³-hybridized carbons (Fsp3) is 0.357. The van der Waals surface area contributed by atoms with Crippen molar-refractivity contribution in [2.24, 2.45) is 5.73 Å². The summed E-state index contributed by atoms with van der Waals surface area (Å²) in [6.07, 6.45) is 7.05. The highest BCUT2D eigenvalue weighted by Crippen LogP contribution is 2.26. The molecule has 5 heteroatoms. The third kappa shape index (κ3) is 4.01. The van der Waals surface area contributed by atoms with Crippen LogP contribution in [0.2, 0.25) is 0 Å². The second kappa shape index (κ2) is 6.63. The molecule has 100 valence electrons. The Hall–Kier alpha value is -1.46. The van der Waals surface area contributed by atoms with Gasteiger partial charge in [0.05, 0.1) is 0 Å². The smallest absolute Gasteiger partial charge is 0.116 e. The Morgan fingerprint density at radius 3 is 2.84 bits per heavy atom. The average molecular weight is 274 g/mol. The van der Waals surface area contributed by atoms with Crippen molar-refractivity contribution in [2.75, 3.05) is 0 Å². The van der Waals surface area contributed by atoms with E-state index in [1.54, 1.807) is 24.3 Å². The first-order valence-corrected chi connectivity index (χ1v) is 7.15. The normalized spacial score (nSPS) is 12.4. The Kier molecular flexibility index (Phi) is 4.87. The molecule has 1 atom stereocenters. The molecule has 1 unspecified atom stereocenters. The number of aryl methyl sites for hydroxylation is 1. The highest BCUT2D eigenvalue weighted by atomic mass is 32.2. The van der Waals surface area contributed by atoms with Gasteiger partial charge < -0.3 is 5.73 Å². The van der Waals surface area contributed by atoms with E-state index < -0.39 is 0 Å². The van der Waals surface area contributed by atoms with Crippen LogP contribution in [0.1, 0.15) is 24.5 Å². The Morgan fingerprint density at radius 1 is 1.37 bits per heavy atom. The van der Waals surface area contributed by atoms with Gasteiger partial charge in [-0.2, -0.15) is 0 Å². The van der Waals surface area contributed by atoms with Crippen molar-refractivity contribution in [3.8, 4) is 0 Å². The van der Waals surface area contributed by atoms with E-state index in [0.29, 0.717) is 0 Å². The number of rotatable bonds is 5. The maximum Gasteiger partial charge on any atom is 0.116 e. The van der Waals surface area contributed by atoms with E-state index in [-0.39, 0.29) is 6.04 Å². The number of nitrogens with zero attached hydrogens (tertiary/aromatic N) is 3. The predicted molar refractivity (Wildman–Crippen MR) is 77.1 cm³/mol. The summed E-state index contributed by atoms with van der Waals surface area (Å²) >= 11 is 1.55. The van der Waals surface area contributed by atoms with Crippen LogP contribution in [0.4, 0.5) is 0 Å². The zero-order valence-electron chi connectivity index (χ0n) is 11.2. The van der Waals surface area contributed by atoms with Crippen LogP contribution >= 0.6 is 11.8 Å². The van der Waals surface area contributed by atoms with Crippen LogP contribution in [0.25, 0.3) is 0 Å². The molecule has 0 aliphatic carbocycles. The molecular weight excluding hydrogens is 256 g/mol. The van der Waals surface area contributed by atoms with Crippen LogP contribution in [0, 0.1) is 6.92 Å². The molecule has 2 aromatic rings. The minimum absolute atomic E-state index is 0.210. The molecule has 4 nitrogen and oxygen atoms in total. The summed E-state index contributed by atoms with van der Waals surface area (Å²) in [6, 6.07) is 4.25. The Bertz CT molecular complexity index is 530. The maximum absolute atomic E-state index is 5.97.